The maximum absolute atomic E-state index is 12.5. The van der Waals surface area contributed by atoms with Crippen molar-refractivity contribution in [1.82, 2.24) is 4.90 Å². The van der Waals surface area contributed by atoms with Gasteiger partial charge in [-0.1, -0.05) is 12.2 Å². The number of anilines is 2. The summed E-state index contributed by atoms with van der Waals surface area (Å²) in [6, 6.07) is 13.3. The van der Waals surface area contributed by atoms with Crippen LogP contribution in [-0.4, -0.2) is 42.2 Å². The van der Waals surface area contributed by atoms with Crippen LogP contribution in [0.4, 0.5) is 11.4 Å². The third kappa shape index (κ3) is 4.39. The van der Waals surface area contributed by atoms with Crippen molar-refractivity contribution in [3.8, 4) is 5.75 Å². The van der Waals surface area contributed by atoms with Gasteiger partial charge < -0.3 is 15.4 Å². The number of allylic oxidation sites excluding steroid dienone is 2. The topological polar surface area (TPSA) is 105 Å². The van der Waals surface area contributed by atoms with E-state index in [4.69, 9.17) is 4.74 Å². The van der Waals surface area contributed by atoms with Gasteiger partial charge in [-0.15, -0.1) is 0 Å². The molecule has 1 fully saturated rings. The number of carbonyl (C=O) groups is 4. The van der Waals surface area contributed by atoms with E-state index in [-0.39, 0.29) is 36.1 Å². The maximum atomic E-state index is 12.5. The predicted octanol–water partition coefficient (Wildman–Crippen LogP) is 2.84. The Kier molecular flexibility index (Phi) is 6.02. The SMILES string of the molecule is COc1ccc(NC(=O)c2ccc(NC(=O)CN3C(=O)[C@H]4CC=CC[C@@H]4C3=O)cc2)cc1. The molecule has 1 heterocycles. The molecule has 164 valence electrons. The fourth-order valence-corrected chi connectivity index (χ4v) is 3.95. The first kappa shape index (κ1) is 21.3. The van der Waals surface area contributed by atoms with Crippen LogP contribution >= 0.6 is 0 Å². The van der Waals surface area contributed by atoms with Crippen LogP contribution < -0.4 is 15.4 Å². The van der Waals surface area contributed by atoms with Gasteiger partial charge in [-0.2, -0.15) is 0 Å². The van der Waals surface area contributed by atoms with Crippen LogP contribution in [0.15, 0.2) is 60.7 Å². The Hall–Kier alpha value is -3.94. The van der Waals surface area contributed by atoms with Gasteiger partial charge in [0.15, 0.2) is 0 Å². The summed E-state index contributed by atoms with van der Waals surface area (Å²) in [6.07, 6.45) is 4.88. The summed E-state index contributed by atoms with van der Waals surface area (Å²) < 4.78 is 5.09. The number of fused-ring (bicyclic) bond motifs is 1. The minimum absolute atomic E-state index is 0.287. The molecule has 4 amide bonds. The summed E-state index contributed by atoms with van der Waals surface area (Å²) in [4.78, 5) is 50.8. The molecule has 1 aliphatic carbocycles. The van der Waals surface area contributed by atoms with Crippen molar-refractivity contribution in [3.05, 3.63) is 66.2 Å². The lowest BCUT2D eigenvalue weighted by atomic mass is 9.85. The Bertz CT molecular complexity index is 1050. The van der Waals surface area contributed by atoms with Gasteiger partial charge in [0.25, 0.3) is 5.91 Å². The zero-order valence-corrected chi connectivity index (χ0v) is 17.5. The number of ether oxygens (including phenoxy) is 1. The van der Waals surface area contributed by atoms with E-state index < -0.39 is 5.91 Å². The number of nitrogens with one attached hydrogen (secondary N) is 2. The average Bonchev–Trinajstić information content (AvgIpc) is 3.05. The maximum Gasteiger partial charge on any atom is 0.255 e. The van der Waals surface area contributed by atoms with Crippen molar-refractivity contribution in [1.29, 1.82) is 0 Å². The second-order valence-electron chi connectivity index (χ2n) is 7.73. The highest BCUT2D eigenvalue weighted by Crippen LogP contribution is 2.34. The summed E-state index contributed by atoms with van der Waals surface area (Å²) in [5.41, 5.74) is 1.51. The highest BCUT2D eigenvalue weighted by atomic mass is 16.5. The number of hydrogen-bond donors (Lipinski definition) is 2. The molecule has 8 nitrogen and oxygen atoms in total. The molecule has 0 saturated carbocycles. The average molecular weight is 433 g/mol. The Balaban J connectivity index is 1.33. The van der Waals surface area contributed by atoms with Crippen molar-refractivity contribution in [2.45, 2.75) is 12.8 Å². The zero-order valence-electron chi connectivity index (χ0n) is 17.5. The summed E-state index contributed by atoms with van der Waals surface area (Å²) in [7, 11) is 1.57. The molecule has 2 aliphatic rings. The first-order valence-corrected chi connectivity index (χ1v) is 10.3. The van der Waals surface area contributed by atoms with E-state index in [1.54, 1.807) is 55.6 Å². The second kappa shape index (κ2) is 9.05. The number of hydrogen-bond acceptors (Lipinski definition) is 5. The highest BCUT2D eigenvalue weighted by Gasteiger charge is 2.47. The second-order valence-corrected chi connectivity index (χ2v) is 7.73. The van der Waals surface area contributed by atoms with Crippen molar-refractivity contribution in [3.63, 3.8) is 0 Å². The van der Waals surface area contributed by atoms with E-state index in [0.29, 0.717) is 35.5 Å². The molecule has 4 rings (SSSR count). The summed E-state index contributed by atoms with van der Waals surface area (Å²) >= 11 is 0. The minimum atomic E-state index is -0.464. The van der Waals surface area contributed by atoms with E-state index >= 15 is 0 Å². The molecule has 2 N–H and O–H groups in total. The molecule has 2 aromatic carbocycles. The standard InChI is InChI=1S/C24H23N3O5/c1-32-18-12-10-17(11-13-18)26-22(29)15-6-8-16(9-7-15)25-21(28)14-27-23(30)19-4-2-3-5-20(19)24(27)31/h2-3,6-13,19-20H,4-5,14H2,1H3,(H,25,28)(H,26,29)/t19-,20-/m0/s1. The normalized spacial score (nSPS) is 19.5. The third-order valence-electron chi connectivity index (χ3n) is 5.68. The molecule has 2 aromatic rings. The van der Waals surface area contributed by atoms with Crippen molar-refractivity contribution in [2.24, 2.45) is 11.8 Å². The number of likely N-dealkylation sites (tertiary alicyclic amines) is 1. The van der Waals surface area contributed by atoms with Crippen LogP contribution in [0.1, 0.15) is 23.2 Å². The number of nitrogens with zero attached hydrogens (tertiary/aromatic N) is 1. The van der Waals surface area contributed by atoms with E-state index in [1.165, 1.54) is 0 Å². The van der Waals surface area contributed by atoms with Gasteiger partial charge in [-0.25, -0.2) is 0 Å². The van der Waals surface area contributed by atoms with Gasteiger partial charge in [0.1, 0.15) is 12.3 Å². The number of methoxy groups -OCH3 is 1. The molecule has 8 heteroatoms. The number of amides is 4. The van der Waals surface area contributed by atoms with Crippen LogP contribution in [0.3, 0.4) is 0 Å². The zero-order chi connectivity index (χ0) is 22.7. The molecule has 0 bridgehead atoms. The van der Waals surface area contributed by atoms with Crippen molar-refractivity contribution in [2.75, 3.05) is 24.3 Å². The monoisotopic (exact) mass is 433 g/mol. The van der Waals surface area contributed by atoms with Gasteiger partial charge in [0.05, 0.1) is 18.9 Å². The molecular formula is C24H23N3O5. The number of carbonyl (C=O) groups excluding carboxylic acids is 4. The Morgan fingerprint density at radius 2 is 1.41 bits per heavy atom. The molecule has 0 unspecified atom stereocenters. The van der Waals surface area contributed by atoms with Crippen LogP contribution in [0.2, 0.25) is 0 Å². The molecule has 0 aromatic heterocycles. The number of benzene rings is 2. The fourth-order valence-electron chi connectivity index (χ4n) is 3.95. The largest absolute Gasteiger partial charge is 0.497 e. The van der Waals surface area contributed by atoms with Crippen LogP contribution in [0.5, 0.6) is 5.75 Å². The Morgan fingerprint density at radius 3 is 1.97 bits per heavy atom. The van der Waals surface area contributed by atoms with Crippen LogP contribution in [0, 0.1) is 11.8 Å². The van der Waals surface area contributed by atoms with Gasteiger partial charge in [-0.3, -0.25) is 24.1 Å². The summed E-state index contributed by atoms with van der Waals surface area (Å²) in [6.45, 7) is -0.315. The molecule has 1 aliphatic heterocycles. The van der Waals surface area contributed by atoms with E-state index in [1.807, 2.05) is 12.2 Å². The van der Waals surface area contributed by atoms with Crippen LogP contribution in [0.25, 0.3) is 0 Å². The summed E-state index contributed by atoms with van der Waals surface area (Å²) in [5.74, 6) is -1.36. The molecule has 2 atom stereocenters. The molecule has 1 saturated heterocycles. The Morgan fingerprint density at radius 1 is 0.875 bits per heavy atom. The van der Waals surface area contributed by atoms with Gasteiger partial charge in [0, 0.05) is 16.9 Å². The first-order chi connectivity index (χ1) is 15.5. The quantitative estimate of drug-likeness (QED) is 0.538. The first-order valence-electron chi connectivity index (χ1n) is 10.3. The van der Waals surface area contributed by atoms with E-state index in [2.05, 4.69) is 10.6 Å². The summed E-state index contributed by atoms with van der Waals surface area (Å²) in [5, 5.41) is 5.46. The van der Waals surface area contributed by atoms with Gasteiger partial charge in [0.2, 0.25) is 17.7 Å². The molecule has 32 heavy (non-hydrogen) atoms. The lowest BCUT2D eigenvalue weighted by molar-refractivity contribution is -0.142. The van der Waals surface area contributed by atoms with E-state index in [0.717, 1.165) is 4.90 Å². The van der Waals surface area contributed by atoms with Gasteiger partial charge in [-0.05, 0) is 61.4 Å². The van der Waals surface area contributed by atoms with Crippen molar-refractivity contribution >= 4 is 35.0 Å². The Labute approximate surface area is 185 Å². The minimum Gasteiger partial charge on any atom is -0.497 e. The predicted molar refractivity (Wildman–Crippen MR) is 118 cm³/mol. The molecule has 0 radical (unpaired) electrons. The van der Waals surface area contributed by atoms with Gasteiger partial charge >= 0.3 is 0 Å². The number of imide groups is 1. The smallest absolute Gasteiger partial charge is 0.255 e. The highest BCUT2D eigenvalue weighted by molar-refractivity contribution is 6.09. The molecule has 0 spiro atoms. The third-order valence-corrected chi connectivity index (χ3v) is 5.68. The molecular weight excluding hydrogens is 410 g/mol. The number of rotatable bonds is 6. The lowest BCUT2D eigenvalue weighted by Crippen LogP contribution is -2.38. The lowest BCUT2D eigenvalue weighted by Gasteiger charge is -2.14. The fraction of sp³-hybridized carbons (Fsp3) is 0.250. The van der Waals surface area contributed by atoms with E-state index in [9.17, 15) is 19.2 Å². The van der Waals surface area contributed by atoms with Crippen LogP contribution in [-0.2, 0) is 14.4 Å². The van der Waals surface area contributed by atoms with Crippen molar-refractivity contribution < 1.29 is 23.9 Å².